The number of aromatic nitrogens is 4. The van der Waals surface area contributed by atoms with Crippen LogP contribution in [-0.2, 0) is 13.1 Å². The van der Waals surface area contributed by atoms with Gasteiger partial charge < -0.3 is 14.7 Å². The van der Waals surface area contributed by atoms with Crippen molar-refractivity contribution < 1.29 is 9.90 Å². The van der Waals surface area contributed by atoms with E-state index in [4.69, 9.17) is 5.11 Å². The Hall–Kier alpha value is -2.31. The normalized spacial score (nSPS) is 10.5. The fourth-order valence-electron chi connectivity index (χ4n) is 1.34. The fourth-order valence-corrected chi connectivity index (χ4v) is 1.34. The summed E-state index contributed by atoms with van der Waals surface area (Å²) in [6, 6.07) is 0. The Bertz CT molecular complexity index is 551. The van der Waals surface area contributed by atoms with Gasteiger partial charge in [0, 0.05) is 31.7 Å². The highest BCUT2D eigenvalue weighted by Crippen LogP contribution is 1.96. The minimum absolute atomic E-state index is 0.00131. The molecule has 0 aliphatic carbocycles. The monoisotopic (exact) mass is 222 g/mol. The van der Waals surface area contributed by atoms with Gasteiger partial charge in [-0.25, -0.2) is 14.6 Å². The Labute approximate surface area is 90.0 Å². The summed E-state index contributed by atoms with van der Waals surface area (Å²) >= 11 is 0. The molecule has 7 nitrogen and oxygen atoms in total. The second-order valence-electron chi connectivity index (χ2n) is 3.26. The fraction of sp³-hybridized carbons (Fsp3) is 0.222. The average Bonchev–Trinajstić information content (AvgIpc) is 2.83. The molecule has 2 heterocycles. The van der Waals surface area contributed by atoms with Crippen molar-refractivity contribution in [1.82, 2.24) is 19.1 Å². The van der Waals surface area contributed by atoms with Gasteiger partial charge in [-0.2, -0.15) is 0 Å². The highest BCUT2D eigenvalue weighted by Gasteiger charge is 2.06. The summed E-state index contributed by atoms with van der Waals surface area (Å²) in [7, 11) is 0. The van der Waals surface area contributed by atoms with Crippen molar-refractivity contribution in [1.29, 1.82) is 0 Å². The molecule has 2 aromatic rings. The summed E-state index contributed by atoms with van der Waals surface area (Å²) < 4.78 is 3.13. The van der Waals surface area contributed by atoms with E-state index in [1.165, 1.54) is 17.1 Å². The minimum atomic E-state index is -1.06. The van der Waals surface area contributed by atoms with Crippen LogP contribution in [0, 0.1) is 0 Å². The molecule has 0 fully saturated rings. The van der Waals surface area contributed by atoms with Crippen LogP contribution in [0.15, 0.2) is 29.7 Å². The van der Waals surface area contributed by atoms with E-state index in [0.717, 1.165) is 0 Å². The zero-order valence-corrected chi connectivity index (χ0v) is 8.33. The van der Waals surface area contributed by atoms with E-state index in [1.807, 2.05) is 0 Å². The smallest absolute Gasteiger partial charge is 0.356 e. The zero-order valence-electron chi connectivity index (χ0n) is 8.33. The Kier molecular flexibility index (Phi) is 2.59. The van der Waals surface area contributed by atoms with Gasteiger partial charge in [-0.3, -0.25) is 4.57 Å². The topological polar surface area (TPSA) is 92.9 Å². The summed E-state index contributed by atoms with van der Waals surface area (Å²) in [4.78, 5) is 27.9. The number of carboxylic acids is 1. The van der Waals surface area contributed by atoms with Crippen molar-refractivity contribution in [2.75, 3.05) is 0 Å². The van der Waals surface area contributed by atoms with E-state index in [0.29, 0.717) is 13.1 Å². The summed E-state index contributed by atoms with van der Waals surface area (Å²) in [6.45, 7) is 0.968. The Morgan fingerprint density at radius 3 is 2.88 bits per heavy atom. The predicted octanol–water partition coefficient (Wildman–Crippen LogP) is -0.229. The Balaban J connectivity index is 2.02. The van der Waals surface area contributed by atoms with E-state index in [-0.39, 0.29) is 11.4 Å². The van der Waals surface area contributed by atoms with Crippen molar-refractivity contribution in [3.05, 3.63) is 41.1 Å². The summed E-state index contributed by atoms with van der Waals surface area (Å²) in [5, 5.41) is 8.66. The molecule has 0 unspecified atom stereocenters. The van der Waals surface area contributed by atoms with E-state index in [9.17, 15) is 9.59 Å². The van der Waals surface area contributed by atoms with E-state index in [2.05, 4.69) is 9.97 Å². The molecule has 0 bridgehead atoms. The number of hydrogen-bond acceptors (Lipinski definition) is 3. The van der Waals surface area contributed by atoms with Gasteiger partial charge in [0.15, 0.2) is 5.69 Å². The third kappa shape index (κ3) is 2.02. The van der Waals surface area contributed by atoms with Crippen LogP contribution in [0.2, 0.25) is 0 Å². The molecule has 0 saturated carbocycles. The number of aryl methyl sites for hydroxylation is 2. The van der Waals surface area contributed by atoms with E-state index in [1.54, 1.807) is 17.0 Å². The number of hydrogen-bond donors (Lipinski definition) is 2. The van der Waals surface area contributed by atoms with Crippen LogP contribution < -0.4 is 5.69 Å². The van der Waals surface area contributed by atoms with Crippen LogP contribution in [-0.4, -0.2) is 30.2 Å². The first-order valence-electron chi connectivity index (χ1n) is 4.66. The number of carbonyl (C=O) groups is 1. The van der Waals surface area contributed by atoms with Gasteiger partial charge >= 0.3 is 11.7 Å². The standard InChI is InChI=1S/C9H10N4O3/c14-8(15)7-5-12(6-11-7)3-4-13-2-1-10-9(13)16/h1-2,5-6H,3-4H2,(H,10,16)(H,14,15). The third-order valence-corrected chi connectivity index (χ3v) is 2.17. The molecule has 7 heteroatoms. The van der Waals surface area contributed by atoms with Gasteiger partial charge in [-0.05, 0) is 0 Å². The van der Waals surface area contributed by atoms with E-state index < -0.39 is 5.97 Å². The zero-order chi connectivity index (χ0) is 11.5. The SMILES string of the molecule is O=C(O)c1cn(CCn2cc[nH]c2=O)cn1. The molecule has 0 saturated heterocycles. The maximum atomic E-state index is 11.1. The van der Waals surface area contributed by atoms with Gasteiger partial charge in [0.05, 0.1) is 6.33 Å². The van der Waals surface area contributed by atoms with Gasteiger partial charge in [0.2, 0.25) is 0 Å². The van der Waals surface area contributed by atoms with Gasteiger partial charge in [-0.15, -0.1) is 0 Å². The third-order valence-electron chi connectivity index (χ3n) is 2.17. The van der Waals surface area contributed by atoms with Crippen LogP contribution in [0.5, 0.6) is 0 Å². The molecular weight excluding hydrogens is 212 g/mol. The molecule has 16 heavy (non-hydrogen) atoms. The number of H-pyrrole nitrogens is 1. The average molecular weight is 222 g/mol. The predicted molar refractivity (Wildman–Crippen MR) is 54.2 cm³/mol. The van der Waals surface area contributed by atoms with Crippen LogP contribution in [0.4, 0.5) is 0 Å². The lowest BCUT2D eigenvalue weighted by Crippen LogP contribution is -2.18. The van der Waals surface area contributed by atoms with Crippen molar-refractivity contribution in [2.24, 2.45) is 0 Å². The molecule has 0 atom stereocenters. The maximum Gasteiger partial charge on any atom is 0.356 e. The largest absolute Gasteiger partial charge is 0.476 e. The molecular formula is C9H10N4O3. The van der Waals surface area contributed by atoms with Crippen LogP contribution in [0.3, 0.4) is 0 Å². The number of aromatic amines is 1. The number of nitrogens with zero attached hydrogens (tertiary/aromatic N) is 3. The summed E-state index contributed by atoms with van der Waals surface area (Å²) in [5.41, 5.74) is -0.181. The first-order valence-corrected chi connectivity index (χ1v) is 4.66. The van der Waals surface area contributed by atoms with Crippen molar-refractivity contribution in [3.8, 4) is 0 Å². The van der Waals surface area contributed by atoms with Crippen LogP contribution >= 0.6 is 0 Å². The summed E-state index contributed by atoms with van der Waals surface area (Å²) in [6.07, 6.45) is 6.05. The highest BCUT2D eigenvalue weighted by molar-refractivity contribution is 5.84. The minimum Gasteiger partial charge on any atom is -0.476 e. The number of aromatic carboxylic acids is 1. The number of nitrogens with one attached hydrogen (secondary N) is 1. The summed E-state index contributed by atoms with van der Waals surface area (Å²) in [5.74, 6) is -1.06. The number of rotatable bonds is 4. The lowest BCUT2D eigenvalue weighted by atomic mass is 10.5. The van der Waals surface area contributed by atoms with Crippen molar-refractivity contribution in [2.45, 2.75) is 13.1 Å². The van der Waals surface area contributed by atoms with Crippen molar-refractivity contribution in [3.63, 3.8) is 0 Å². The van der Waals surface area contributed by atoms with Gasteiger partial charge in [0.25, 0.3) is 0 Å². The van der Waals surface area contributed by atoms with Crippen molar-refractivity contribution >= 4 is 5.97 Å². The number of carboxylic acid groups (broad SMARTS) is 1. The molecule has 0 aliphatic rings. The maximum absolute atomic E-state index is 11.1. The van der Waals surface area contributed by atoms with Gasteiger partial charge in [-0.1, -0.05) is 0 Å². The highest BCUT2D eigenvalue weighted by atomic mass is 16.4. The molecule has 2 aromatic heterocycles. The molecule has 0 aromatic carbocycles. The lowest BCUT2D eigenvalue weighted by molar-refractivity contribution is 0.0691. The number of imidazole rings is 2. The lowest BCUT2D eigenvalue weighted by Gasteiger charge is -2.01. The van der Waals surface area contributed by atoms with Crippen LogP contribution in [0.25, 0.3) is 0 Å². The van der Waals surface area contributed by atoms with Gasteiger partial charge in [0.1, 0.15) is 0 Å². The quantitative estimate of drug-likeness (QED) is 0.747. The Morgan fingerprint density at radius 1 is 1.50 bits per heavy atom. The first-order chi connectivity index (χ1) is 7.66. The molecule has 0 amide bonds. The second kappa shape index (κ2) is 4.05. The first kappa shape index (κ1) is 10.2. The molecule has 2 rings (SSSR count). The van der Waals surface area contributed by atoms with E-state index >= 15 is 0 Å². The Morgan fingerprint density at radius 2 is 2.31 bits per heavy atom. The molecule has 0 spiro atoms. The van der Waals surface area contributed by atoms with Crippen LogP contribution in [0.1, 0.15) is 10.5 Å². The molecule has 84 valence electrons. The molecule has 2 N–H and O–H groups in total. The second-order valence-corrected chi connectivity index (χ2v) is 3.26. The molecule has 0 aliphatic heterocycles. The molecule has 0 radical (unpaired) electrons.